The van der Waals surface area contributed by atoms with Gasteiger partial charge in [-0.2, -0.15) is 5.10 Å². The maximum absolute atomic E-state index is 12.5. The summed E-state index contributed by atoms with van der Waals surface area (Å²) >= 11 is 6.16. The molecule has 1 fully saturated rings. The zero-order valence-electron chi connectivity index (χ0n) is 14.9. The third-order valence-electron chi connectivity index (χ3n) is 4.80. The Morgan fingerprint density at radius 2 is 1.80 bits per heavy atom. The van der Waals surface area contributed by atoms with Gasteiger partial charge in [-0.1, -0.05) is 41.9 Å². The van der Waals surface area contributed by atoms with Gasteiger partial charge in [0.1, 0.15) is 0 Å². The van der Waals surface area contributed by atoms with E-state index < -0.39 is 0 Å². The molecule has 1 aromatic heterocycles. The van der Waals surface area contributed by atoms with Crippen LogP contribution in [0.15, 0.2) is 30.3 Å². The number of benzene rings is 1. The van der Waals surface area contributed by atoms with E-state index in [0.29, 0.717) is 18.0 Å². The first-order valence-corrected chi connectivity index (χ1v) is 9.16. The number of piperazine rings is 1. The SMILES string of the molecule is Cc1nn(CCC(=O)N2CCN(Cc3ccccc3)CC2)c(C)c1Cl. The van der Waals surface area contributed by atoms with Crippen LogP contribution in [0.3, 0.4) is 0 Å². The standard InChI is InChI=1S/C19H25ClN4O/c1-15-19(20)16(2)24(21-15)9-8-18(25)23-12-10-22(11-13-23)14-17-6-4-3-5-7-17/h3-7H,8-14H2,1-2H3. The molecular formula is C19H25ClN4O. The zero-order chi connectivity index (χ0) is 17.8. The molecule has 1 amide bonds. The van der Waals surface area contributed by atoms with Gasteiger partial charge in [0.05, 0.1) is 23.0 Å². The fraction of sp³-hybridized carbons (Fsp3) is 0.474. The second kappa shape index (κ2) is 8.02. The number of hydrogen-bond donors (Lipinski definition) is 0. The van der Waals surface area contributed by atoms with E-state index in [-0.39, 0.29) is 5.91 Å². The quantitative estimate of drug-likeness (QED) is 0.823. The molecule has 2 heterocycles. The van der Waals surface area contributed by atoms with E-state index in [2.05, 4.69) is 34.3 Å². The van der Waals surface area contributed by atoms with E-state index in [4.69, 9.17) is 11.6 Å². The number of carbonyl (C=O) groups excluding carboxylic acids is 1. The van der Waals surface area contributed by atoms with Gasteiger partial charge in [-0.05, 0) is 19.4 Å². The summed E-state index contributed by atoms with van der Waals surface area (Å²) < 4.78 is 1.83. The molecule has 0 saturated carbocycles. The smallest absolute Gasteiger partial charge is 0.224 e. The fourth-order valence-electron chi connectivity index (χ4n) is 3.25. The summed E-state index contributed by atoms with van der Waals surface area (Å²) in [5.74, 6) is 0.197. The van der Waals surface area contributed by atoms with Crippen LogP contribution in [0.25, 0.3) is 0 Å². The molecule has 5 nitrogen and oxygen atoms in total. The minimum atomic E-state index is 0.197. The highest BCUT2D eigenvalue weighted by Gasteiger charge is 2.21. The number of amides is 1. The van der Waals surface area contributed by atoms with Crippen molar-refractivity contribution in [2.45, 2.75) is 33.4 Å². The van der Waals surface area contributed by atoms with E-state index in [0.717, 1.165) is 44.1 Å². The lowest BCUT2D eigenvalue weighted by Crippen LogP contribution is -2.48. The van der Waals surface area contributed by atoms with Crippen molar-refractivity contribution in [3.8, 4) is 0 Å². The zero-order valence-corrected chi connectivity index (χ0v) is 15.7. The minimum Gasteiger partial charge on any atom is -0.340 e. The van der Waals surface area contributed by atoms with Crippen LogP contribution in [-0.2, 0) is 17.9 Å². The Hall–Kier alpha value is -1.85. The summed E-state index contributed by atoms with van der Waals surface area (Å²) in [6, 6.07) is 10.5. The van der Waals surface area contributed by atoms with E-state index in [1.807, 2.05) is 29.5 Å². The average molecular weight is 361 g/mol. The highest BCUT2D eigenvalue weighted by atomic mass is 35.5. The number of rotatable bonds is 5. The van der Waals surface area contributed by atoms with Crippen LogP contribution in [0.5, 0.6) is 0 Å². The van der Waals surface area contributed by atoms with Crippen LogP contribution in [-0.4, -0.2) is 51.7 Å². The first kappa shape index (κ1) is 18.0. The molecule has 0 unspecified atom stereocenters. The van der Waals surface area contributed by atoms with Gasteiger partial charge in [-0.25, -0.2) is 0 Å². The highest BCUT2D eigenvalue weighted by Crippen LogP contribution is 2.19. The molecule has 0 aliphatic carbocycles. The number of hydrogen-bond acceptors (Lipinski definition) is 3. The van der Waals surface area contributed by atoms with Crippen molar-refractivity contribution in [1.82, 2.24) is 19.6 Å². The lowest BCUT2D eigenvalue weighted by Gasteiger charge is -2.34. The number of halogens is 1. The fourth-order valence-corrected chi connectivity index (χ4v) is 3.38. The first-order chi connectivity index (χ1) is 12.0. The number of aryl methyl sites for hydroxylation is 2. The van der Waals surface area contributed by atoms with Gasteiger partial charge in [0.15, 0.2) is 0 Å². The molecule has 0 spiro atoms. The normalized spacial score (nSPS) is 15.6. The van der Waals surface area contributed by atoms with Crippen molar-refractivity contribution >= 4 is 17.5 Å². The molecule has 1 aliphatic heterocycles. The number of nitrogens with zero attached hydrogens (tertiary/aromatic N) is 4. The molecule has 1 aromatic carbocycles. The molecule has 1 aliphatic rings. The van der Waals surface area contributed by atoms with Crippen LogP contribution < -0.4 is 0 Å². The summed E-state index contributed by atoms with van der Waals surface area (Å²) in [7, 11) is 0. The van der Waals surface area contributed by atoms with Crippen molar-refractivity contribution in [3.05, 3.63) is 52.3 Å². The molecule has 25 heavy (non-hydrogen) atoms. The van der Waals surface area contributed by atoms with Gasteiger partial charge < -0.3 is 4.90 Å². The van der Waals surface area contributed by atoms with Gasteiger partial charge in [0.25, 0.3) is 0 Å². The second-order valence-corrected chi connectivity index (χ2v) is 6.98. The van der Waals surface area contributed by atoms with Crippen molar-refractivity contribution in [2.75, 3.05) is 26.2 Å². The second-order valence-electron chi connectivity index (χ2n) is 6.60. The molecule has 3 rings (SSSR count). The van der Waals surface area contributed by atoms with Crippen LogP contribution in [0.4, 0.5) is 0 Å². The predicted molar refractivity (Wildman–Crippen MR) is 99.6 cm³/mol. The largest absolute Gasteiger partial charge is 0.340 e. The van der Waals surface area contributed by atoms with Gasteiger partial charge in [-0.15, -0.1) is 0 Å². The topological polar surface area (TPSA) is 41.4 Å². The summed E-state index contributed by atoms with van der Waals surface area (Å²) in [5.41, 5.74) is 3.07. The Morgan fingerprint density at radius 1 is 1.12 bits per heavy atom. The lowest BCUT2D eigenvalue weighted by atomic mass is 10.2. The Kier molecular flexibility index (Phi) is 5.76. The summed E-state index contributed by atoms with van der Waals surface area (Å²) in [5, 5.41) is 5.09. The molecule has 1 saturated heterocycles. The van der Waals surface area contributed by atoms with E-state index >= 15 is 0 Å². The molecule has 2 aromatic rings. The third-order valence-corrected chi connectivity index (χ3v) is 5.35. The number of carbonyl (C=O) groups is 1. The van der Waals surface area contributed by atoms with E-state index in [1.54, 1.807) is 0 Å². The molecular weight excluding hydrogens is 336 g/mol. The summed E-state index contributed by atoms with van der Waals surface area (Å²) in [4.78, 5) is 16.8. The molecule has 0 atom stereocenters. The maximum Gasteiger partial charge on any atom is 0.224 e. The molecule has 0 bridgehead atoms. The van der Waals surface area contributed by atoms with Crippen molar-refractivity contribution < 1.29 is 4.79 Å². The van der Waals surface area contributed by atoms with Crippen molar-refractivity contribution in [1.29, 1.82) is 0 Å². The lowest BCUT2D eigenvalue weighted by molar-refractivity contribution is -0.133. The van der Waals surface area contributed by atoms with Gasteiger partial charge in [0, 0.05) is 39.1 Å². The monoisotopic (exact) mass is 360 g/mol. The molecule has 6 heteroatoms. The molecule has 134 valence electrons. The van der Waals surface area contributed by atoms with Gasteiger partial charge in [0.2, 0.25) is 5.91 Å². The number of aromatic nitrogens is 2. The summed E-state index contributed by atoms with van der Waals surface area (Å²) in [6.45, 7) is 8.80. The Morgan fingerprint density at radius 3 is 2.40 bits per heavy atom. The van der Waals surface area contributed by atoms with Crippen LogP contribution >= 0.6 is 11.6 Å². The highest BCUT2D eigenvalue weighted by molar-refractivity contribution is 6.31. The maximum atomic E-state index is 12.5. The van der Waals surface area contributed by atoms with Crippen LogP contribution in [0.2, 0.25) is 5.02 Å². The van der Waals surface area contributed by atoms with Gasteiger partial charge >= 0.3 is 0 Å². The minimum absolute atomic E-state index is 0.197. The van der Waals surface area contributed by atoms with Crippen LogP contribution in [0.1, 0.15) is 23.4 Å². The van der Waals surface area contributed by atoms with Crippen molar-refractivity contribution in [3.63, 3.8) is 0 Å². The van der Waals surface area contributed by atoms with Crippen LogP contribution in [0, 0.1) is 13.8 Å². The van der Waals surface area contributed by atoms with E-state index in [9.17, 15) is 4.79 Å². The predicted octanol–water partition coefficient (Wildman–Crippen LogP) is 2.89. The molecule has 0 N–H and O–H groups in total. The van der Waals surface area contributed by atoms with E-state index in [1.165, 1.54) is 5.56 Å². The average Bonchev–Trinajstić information content (AvgIpc) is 2.88. The Bertz CT molecular complexity index is 721. The summed E-state index contributed by atoms with van der Waals surface area (Å²) in [6.07, 6.45) is 0.469. The Labute approximate surface area is 154 Å². The van der Waals surface area contributed by atoms with Gasteiger partial charge in [-0.3, -0.25) is 14.4 Å². The third kappa shape index (κ3) is 4.41. The first-order valence-electron chi connectivity index (χ1n) is 8.78. The molecule has 0 radical (unpaired) electrons. The van der Waals surface area contributed by atoms with Crippen molar-refractivity contribution in [2.24, 2.45) is 0 Å². The Balaban J connectivity index is 1.46.